The lowest BCUT2D eigenvalue weighted by Gasteiger charge is -2.31. The zero-order valence-electron chi connectivity index (χ0n) is 6.35. The number of piperidine rings is 1. The van der Waals surface area contributed by atoms with Crippen LogP contribution >= 0.6 is 0 Å². The lowest BCUT2D eigenvalue weighted by Crippen LogP contribution is -2.27. The molecule has 0 aromatic heterocycles. The van der Waals surface area contributed by atoms with Crippen molar-refractivity contribution in [3.05, 3.63) is 12.3 Å². The predicted octanol–water partition coefficient (Wildman–Crippen LogP) is 1.86. The van der Waals surface area contributed by atoms with E-state index in [1.807, 2.05) is 0 Å². The Bertz CT molecular complexity index is 106. The summed E-state index contributed by atoms with van der Waals surface area (Å²) in [5.74, 6) is 0.712. The van der Waals surface area contributed by atoms with E-state index in [4.69, 9.17) is 0 Å². The lowest BCUT2D eigenvalue weighted by atomic mass is 9.97. The Morgan fingerprint density at radius 2 is 2.33 bits per heavy atom. The summed E-state index contributed by atoms with van der Waals surface area (Å²) in [5, 5.41) is 0. The van der Waals surface area contributed by atoms with E-state index in [0.717, 1.165) is 0 Å². The van der Waals surface area contributed by atoms with Gasteiger partial charge in [-0.3, -0.25) is 0 Å². The van der Waals surface area contributed by atoms with Gasteiger partial charge < -0.3 is 4.90 Å². The molecule has 0 aromatic rings. The summed E-state index contributed by atoms with van der Waals surface area (Å²) in [4.78, 5) is 2.26. The average Bonchev–Trinajstić information content (AvgIpc) is 1.83. The van der Waals surface area contributed by atoms with Gasteiger partial charge in [0.15, 0.2) is 0 Å². The summed E-state index contributed by atoms with van der Waals surface area (Å²) in [6.45, 7) is 7.45. The first-order valence-electron chi connectivity index (χ1n) is 3.61. The van der Waals surface area contributed by atoms with E-state index in [2.05, 4.69) is 25.5 Å². The van der Waals surface area contributed by atoms with Crippen molar-refractivity contribution in [3.8, 4) is 0 Å². The van der Waals surface area contributed by atoms with Gasteiger partial charge >= 0.3 is 0 Å². The van der Waals surface area contributed by atoms with Crippen LogP contribution in [0.3, 0.4) is 0 Å². The molecule has 1 heteroatoms. The molecule has 0 radical (unpaired) electrons. The highest BCUT2D eigenvalue weighted by Gasteiger charge is 2.15. The third-order valence-electron chi connectivity index (χ3n) is 2.19. The molecule has 9 heavy (non-hydrogen) atoms. The molecule has 1 heterocycles. The minimum atomic E-state index is 0.712. The van der Waals surface area contributed by atoms with Gasteiger partial charge in [0.1, 0.15) is 0 Å². The van der Waals surface area contributed by atoms with Crippen molar-refractivity contribution in [2.45, 2.75) is 19.8 Å². The topological polar surface area (TPSA) is 3.24 Å². The largest absolute Gasteiger partial charge is 0.378 e. The zero-order chi connectivity index (χ0) is 6.85. The van der Waals surface area contributed by atoms with Crippen molar-refractivity contribution in [2.24, 2.45) is 5.92 Å². The van der Waals surface area contributed by atoms with Gasteiger partial charge in [0, 0.05) is 19.3 Å². The fourth-order valence-electron chi connectivity index (χ4n) is 1.32. The normalized spacial score (nSPS) is 28.9. The van der Waals surface area contributed by atoms with Crippen LogP contribution in [0.1, 0.15) is 19.8 Å². The minimum absolute atomic E-state index is 0.712. The van der Waals surface area contributed by atoms with E-state index in [-0.39, 0.29) is 0 Å². The van der Waals surface area contributed by atoms with Gasteiger partial charge in [0.05, 0.1) is 0 Å². The maximum absolute atomic E-state index is 4.00. The first kappa shape index (κ1) is 6.66. The van der Waals surface area contributed by atoms with Crippen LogP contribution in [0, 0.1) is 5.92 Å². The molecule has 1 nitrogen and oxygen atoms in total. The number of nitrogens with zero attached hydrogens (tertiary/aromatic N) is 1. The fourth-order valence-corrected chi connectivity index (χ4v) is 1.32. The number of rotatable bonds is 0. The number of allylic oxidation sites excluding steroid dienone is 1. The van der Waals surface area contributed by atoms with Crippen LogP contribution in [0.2, 0.25) is 0 Å². The van der Waals surface area contributed by atoms with Crippen molar-refractivity contribution < 1.29 is 0 Å². The van der Waals surface area contributed by atoms with Gasteiger partial charge in [-0.05, 0) is 18.8 Å². The van der Waals surface area contributed by atoms with Crippen LogP contribution in [0.5, 0.6) is 0 Å². The van der Waals surface area contributed by atoms with Crippen molar-refractivity contribution in [3.63, 3.8) is 0 Å². The fraction of sp³-hybridized carbons (Fsp3) is 0.750. The Morgan fingerprint density at radius 3 is 2.78 bits per heavy atom. The molecule has 0 N–H and O–H groups in total. The summed E-state index contributed by atoms with van der Waals surface area (Å²) in [6, 6.07) is 0. The Kier molecular flexibility index (Phi) is 1.79. The SMILES string of the molecule is C=C1C(C)CCCN1C. The second kappa shape index (κ2) is 2.42. The van der Waals surface area contributed by atoms with E-state index in [0.29, 0.717) is 5.92 Å². The molecule has 0 saturated carbocycles. The molecule has 0 bridgehead atoms. The van der Waals surface area contributed by atoms with Crippen LogP contribution in [-0.2, 0) is 0 Å². The molecule has 1 aliphatic rings. The van der Waals surface area contributed by atoms with Crippen LogP contribution in [0.4, 0.5) is 0 Å². The average molecular weight is 125 g/mol. The minimum Gasteiger partial charge on any atom is -0.378 e. The molecular weight excluding hydrogens is 110 g/mol. The third-order valence-corrected chi connectivity index (χ3v) is 2.19. The first-order chi connectivity index (χ1) is 4.22. The van der Waals surface area contributed by atoms with E-state index < -0.39 is 0 Å². The second-order valence-electron chi connectivity index (χ2n) is 2.96. The monoisotopic (exact) mass is 125 g/mol. The van der Waals surface area contributed by atoms with E-state index >= 15 is 0 Å². The third kappa shape index (κ3) is 1.26. The van der Waals surface area contributed by atoms with Crippen molar-refractivity contribution in [1.82, 2.24) is 4.90 Å². The van der Waals surface area contributed by atoms with E-state index in [9.17, 15) is 0 Å². The predicted molar refractivity (Wildman–Crippen MR) is 40.2 cm³/mol. The van der Waals surface area contributed by atoms with Gasteiger partial charge in [-0.25, -0.2) is 0 Å². The quantitative estimate of drug-likeness (QED) is 0.477. The molecule has 1 fully saturated rings. The summed E-state index contributed by atoms with van der Waals surface area (Å²) < 4.78 is 0. The van der Waals surface area contributed by atoms with Crippen molar-refractivity contribution in [1.29, 1.82) is 0 Å². The van der Waals surface area contributed by atoms with Crippen LogP contribution in [0.25, 0.3) is 0 Å². The smallest absolute Gasteiger partial charge is 0.0171 e. The maximum Gasteiger partial charge on any atom is 0.0171 e. The van der Waals surface area contributed by atoms with E-state index in [1.165, 1.54) is 25.1 Å². The summed E-state index contributed by atoms with van der Waals surface area (Å²) in [7, 11) is 2.12. The van der Waals surface area contributed by atoms with Gasteiger partial charge in [-0.2, -0.15) is 0 Å². The maximum atomic E-state index is 4.00. The molecule has 1 aliphatic heterocycles. The highest BCUT2D eigenvalue weighted by atomic mass is 15.1. The Morgan fingerprint density at radius 1 is 1.67 bits per heavy atom. The first-order valence-corrected chi connectivity index (χ1v) is 3.61. The summed E-state index contributed by atoms with van der Waals surface area (Å²) in [6.07, 6.45) is 2.65. The Balaban J connectivity index is 2.52. The van der Waals surface area contributed by atoms with E-state index in [1.54, 1.807) is 0 Å². The van der Waals surface area contributed by atoms with Gasteiger partial charge in [-0.15, -0.1) is 0 Å². The Labute approximate surface area is 57.4 Å². The molecular formula is C8H15N. The highest BCUT2D eigenvalue weighted by Crippen LogP contribution is 2.22. The number of hydrogen-bond acceptors (Lipinski definition) is 1. The number of hydrogen-bond donors (Lipinski definition) is 0. The molecule has 52 valence electrons. The summed E-state index contributed by atoms with van der Waals surface area (Å²) in [5.41, 5.74) is 1.31. The van der Waals surface area contributed by atoms with Crippen molar-refractivity contribution in [2.75, 3.05) is 13.6 Å². The van der Waals surface area contributed by atoms with Crippen LogP contribution < -0.4 is 0 Å². The molecule has 0 aromatic carbocycles. The molecule has 1 atom stereocenters. The molecule has 1 rings (SSSR count). The zero-order valence-corrected chi connectivity index (χ0v) is 6.35. The Hall–Kier alpha value is -0.460. The second-order valence-corrected chi connectivity index (χ2v) is 2.96. The molecule has 0 aliphatic carbocycles. The molecule has 0 amide bonds. The standard InChI is InChI=1S/C8H15N/c1-7-5-4-6-9(3)8(7)2/h7H,2,4-6H2,1,3H3. The highest BCUT2D eigenvalue weighted by molar-refractivity contribution is 4.99. The number of likely N-dealkylation sites (tertiary alicyclic amines) is 1. The van der Waals surface area contributed by atoms with Gasteiger partial charge in [-0.1, -0.05) is 13.5 Å². The summed E-state index contributed by atoms with van der Waals surface area (Å²) >= 11 is 0. The molecule has 0 spiro atoms. The lowest BCUT2D eigenvalue weighted by molar-refractivity contribution is 0.295. The van der Waals surface area contributed by atoms with Crippen LogP contribution in [0.15, 0.2) is 12.3 Å². The van der Waals surface area contributed by atoms with Crippen LogP contribution in [-0.4, -0.2) is 18.5 Å². The van der Waals surface area contributed by atoms with Crippen molar-refractivity contribution >= 4 is 0 Å². The molecule has 1 saturated heterocycles. The van der Waals surface area contributed by atoms with Gasteiger partial charge in [0.2, 0.25) is 0 Å². The molecule has 1 unspecified atom stereocenters. The van der Waals surface area contributed by atoms with Gasteiger partial charge in [0.25, 0.3) is 0 Å².